The van der Waals surface area contributed by atoms with E-state index in [2.05, 4.69) is 0 Å². The van der Waals surface area contributed by atoms with Gasteiger partial charge in [-0.3, -0.25) is 14.9 Å². The minimum atomic E-state index is -4.15. The quantitative estimate of drug-likeness (QED) is 0.307. The first kappa shape index (κ1) is 25.9. The number of hydrogen-bond acceptors (Lipinski definition) is 7. The zero-order valence-electron chi connectivity index (χ0n) is 19.4. The van der Waals surface area contributed by atoms with E-state index in [1.807, 2.05) is 11.4 Å². The molecule has 190 valence electrons. The number of rotatable bonds is 9. The number of fused-ring (bicyclic) bond motifs is 1. The van der Waals surface area contributed by atoms with Crippen LogP contribution in [-0.4, -0.2) is 61.8 Å². The highest BCUT2D eigenvalue weighted by Crippen LogP contribution is 2.38. The van der Waals surface area contributed by atoms with Gasteiger partial charge in [-0.25, -0.2) is 12.8 Å². The molecule has 0 bridgehead atoms. The highest BCUT2D eigenvalue weighted by molar-refractivity contribution is 7.89. The van der Waals surface area contributed by atoms with E-state index in [9.17, 15) is 27.7 Å². The predicted octanol–water partition coefficient (Wildman–Crippen LogP) is 3.61. The fourth-order valence-electron chi connectivity index (χ4n) is 4.20. The lowest BCUT2D eigenvalue weighted by Gasteiger charge is -2.37. The van der Waals surface area contributed by atoms with Crippen LogP contribution in [0.1, 0.15) is 22.0 Å². The van der Waals surface area contributed by atoms with Crippen LogP contribution in [0.5, 0.6) is 0 Å². The maximum Gasteiger partial charge on any atom is 0.269 e. The molecule has 1 aliphatic rings. The number of nitrogens with zero attached hydrogens (tertiary/aromatic N) is 3. The van der Waals surface area contributed by atoms with Crippen LogP contribution in [0.25, 0.3) is 0 Å². The van der Waals surface area contributed by atoms with Gasteiger partial charge in [0.2, 0.25) is 15.9 Å². The Morgan fingerprint density at radius 2 is 1.89 bits per heavy atom. The molecule has 3 aromatic rings. The van der Waals surface area contributed by atoms with E-state index in [-0.39, 0.29) is 23.7 Å². The predicted molar refractivity (Wildman–Crippen MR) is 132 cm³/mol. The first-order valence-corrected chi connectivity index (χ1v) is 13.4. The molecule has 0 fully saturated rings. The highest BCUT2D eigenvalue weighted by Gasteiger charge is 2.35. The Labute approximate surface area is 211 Å². The molecule has 2 aromatic carbocycles. The van der Waals surface area contributed by atoms with E-state index in [1.165, 1.54) is 19.2 Å². The molecule has 2 heterocycles. The van der Waals surface area contributed by atoms with Gasteiger partial charge in [0, 0.05) is 37.2 Å². The van der Waals surface area contributed by atoms with Crippen LogP contribution in [0.15, 0.2) is 64.9 Å². The molecule has 1 aromatic heterocycles. The van der Waals surface area contributed by atoms with E-state index in [0.29, 0.717) is 13.0 Å². The molecule has 0 spiro atoms. The van der Waals surface area contributed by atoms with E-state index in [1.54, 1.807) is 28.4 Å². The number of non-ortho nitro benzene ring substituents is 1. The van der Waals surface area contributed by atoms with Gasteiger partial charge in [-0.2, -0.15) is 4.31 Å². The van der Waals surface area contributed by atoms with E-state index < -0.39 is 39.3 Å². The van der Waals surface area contributed by atoms with Gasteiger partial charge in [0.05, 0.1) is 29.0 Å². The van der Waals surface area contributed by atoms with Gasteiger partial charge >= 0.3 is 0 Å². The Bertz CT molecular complexity index is 1340. The van der Waals surface area contributed by atoms with Crippen LogP contribution in [-0.2, 0) is 26.0 Å². The number of hydrogen-bond donors (Lipinski definition) is 0. The molecule has 0 saturated carbocycles. The Morgan fingerprint density at radius 3 is 2.53 bits per heavy atom. The normalized spacial score (nSPS) is 15.6. The molecule has 1 atom stereocenters. The number of methoxy groups -OCH3 is 1. The largest absolute Gasteiger partial charge is 0.383 e. The average Bonchev–Trinajstić information content (AvgIpc) is 3.35. The summed E-state index contributed by atoms with van der Waals surface area (Å²) >= 11 is 1.59. The minimum Gasteiger partial charge on any atom is -0.383 e. The molecule has 0 N–H and O–H groups in total. The van der Waals surface area contributed by atoms with Crippen LogP contribution >= 0.6 is 11.3 Å². The summed E-state index contributed by atoms with van der Waals surface area (Å²) in [5.41, 5.74) is 1.43. The van der Waals surface area contributed by atoms with Crippen molar-refractivity contribution in [1.82, 2.24) is 9.21 Å². The van der Waals surface area contributed by atoms with Gasteiger partial charge in [-0.15, -0.1) is 11.3 Å². The number of carbonyl (C=O) groups is 1. The van der Waals surface area contributed by atoms with Crippen LogP contribution in [0.2, 0.25) is 0 Å². The third kappa shape index (κ3) is 5.31. The third-order valence-electron chi connectivity index (χ3n) is 6.01. The smallest absolute Gasteiger partial charge is 0.269 e. The van der Waals surface area contributed by atoms with Crippen molar-refractivity contribution in [1.29, 1.82) is 0 Å². The SMILES string of the molecule is COCCN(CC(=O)N1CCc2sccc2C1c1ccc(F)cc1)S(=O)(=O)c1ccc([N+](=O)[O-])cc1. The maximum atomic E-state index is 13.6. The lowest BCUT2D eigenvalue weighted by molar-refractivity contribution is -0.384. The number of nitro groups is 1. The maximum absolute atomic E-state index is 13.6. The summed E-state index contributed by atoms with van der Waals surface area (Å²) in [6.45, 7) is -0.0974. The Morgan fingerprint density at radius 1 is 1.19 bits per heavy atom. The number of benzene rings is 2. The molecule has 0 aliphatic carbocycles. The Hall–Kier alpha value is -3.19. The zero-order valence-corrected chi connectivity index (χ0v) is 21.0. The first-order chi connectivity index (χ1) is 17.2. The number of amides is 1. The molecule has 1 unspecified atom stereocenters. The van der Waals surface area contributed by atoms with E-state index in [4.69, 9.17) is 4.74 Å². The summed E-state index contributed by atoms with van der Waals surface area (Å²) < 4.78 is 46.4. The van der Waals surface area contributed by atoms with E-state index >= 15 is 0 Å². The molecule has 1 amide bonds. The van der Waals surface area contributed by atoms with Crippen molar-refractivity contribution in [2.45, 2.75) is 17.4 Å². The molecule has 0 radical (unpaired) electrons. The lowest BCUT2D eigenvalue weighted by atomic mass is 9.93. The van der Waals surface area contributed by atoms with Crippen molar-refractivity contribution in [3.8, 4) is 0 Å². The summed E-state index contributed by atoms with van der Waals surface area (Å²) in [5.74, 6) is -0.805. The molecule has 9 nitrogen and oxygen atoms in total. The number of nitro benzene ring substituents is 1. The van der Waals surface area contributed by atoms with Gasteiger partial charge in [-0.05, 0) is 53.3 Å². The summed E-state index contributed by atoms with van der Waals surface area (Å²) in [6.07, 6.45) is 0.629. The van der Waals surface area contributed by atoms with Crippen molar-refractivity contribution in [3.05, 3.63) is 91.9 Å². The second kappa shape index (κ2) is 10.8. The Kier molecular flexibility index (Phi) is 7.79. The highest BCUT2D eigenvalue weighted by atomic mass is 32.2. The fourth-order valence-corrected chi connectivity index (χ4v) is 6.47. The van der Waals surface area contributed by atoms with Gasteiger partial charge in [-0.1, -0.05) is 12.1 Å². The van der Waals surface area contributed by atoms with Crippen LogP contribution in [0, 0.1) is 15.9 Å². The lowest BCUT2D eigenvalue weighted by Crippen LogP contribution is -2.47. The van der Waals surface area contributed by atoms with Crippen molar-refractivity contribution >= 4 is 33.0 Å². The number of sulfonamides is 1. The minimum absolute atomic E-state index is 0.0512. The van der Waals surface area contributed by atoms with Gasteiger partial charge in [0.25, 0.3) is 5.69 Å². The molecule has 4 rings (SSSR count). The van der Waals surface area contributed by atoms with Gasteiger partial charge in [0.1, 0.15) is 5.82 Å². The van der Waals surface area contributed by atoms with Gasteiger partial charge in [0.15, 0.2) is 0 Å². The second-order valence-electron chi connectivity index (χ2n) is 8.17. The van der Waals surface area contributed by atoms with Gasteiger partial charge < -0.3 is 9.64 Å². The van der Waals surface area contributed by atoms with Crippen molar-refractivity contribution < 1.29 is 27.3 Å². The zero-order chi connectivity index (χ0) is 25.9. The molecule has 36 heavy (non-hydrogen) atoms. The van der Waals surface area contributed by atoms with Crippen LogP contribution in [0.3, 0.4) is 0 Å². The summed E-state index contributed by atoms with van der Waals surface area (Å²) in [7, 11) is -2.73. The van der Waals surface area contributed by atoms with E-state index in [0.717, 1.165) is 44.6 Å². The monoisotopic (exact) mass is 533 g/mol. The van der Waals surface area contributed by atoms with Crippen LogP contribution in [0.4, 0.5) is 10.1 Å². The summed E-state index contributed by atoms with van der Waals surface area (Å²) in [4.78, 5) is 26.5. The van der Waals surface area contributed by atoms with Crippen molar-refractivity contribution in [3.63, 3.8) is 0 Å². The number of thiophene rings is 1. The van der Waals surface area contributed by atoms with Crippen LogP contribution < -0.4 is 0 Å². The van der Waals surface area contributed by atoms with Crippen molar-refractivity contribution in [2.24, 2.45) is 0 Å². The average molecular weight is 534 g/mol. The Balaban J connectivity index is 1.64. The molecular weight excluding hydrogens is 509 g/mol. The van der Waals surface area contributed by atoms with Crippen molar-refractivity contribution in [2.75, 3.05) is 33.4 Å². The third-order valence-corrected chi connectivity index (χ3v) is 8.87. The summed E-state index contributed by atoms with van der Waals surface area (Å²) in [6, 6.07) is 11.9. The topological polar surface area (TPSA) is 110 Å². The molecule has 1 aliphatic heterocycles. The second-order valence-corrected chi connectivity index (χ2v) is 11.1. The first-order valence-electron chi connectivity index (χ1n) is 11.1. The standard InChI is InChI=1S/C24H24FN3O6S2/c1-34-14-13-26(36(32,33)20-8-6-19(7-9-20)28(30)31)16-23(29)27-12-10-22-21(11-15-35-22)24(27)17-2-4-18(25)5-3-17/h2-9,11,15,24H,10,12-14,16H2,1H3. The number of ether oxygens (including phenoxy) is 1. The summed E-state index contributed by atoms with van der Waals surface area (Å²) in [5, 5.41) is 12.9. The number of carbonyl (C=O) groups excluding carboxylic acids is 1. The molecular formula is C24H24FN3O6S2. The molecule has 0 saturated heterocycles. The molecule has 12 heteroatoms. The fraction of sp³-hybridized carbons (Fsp3) is 0.292. The number of halogens is 1.